The Morgan fingerprint density at radius 2 is 1.91 bits per heavy atom. The van der Waals surface area contributed by atoms with Crippen LogP contribution in [0.15, 0.2) is 47.5 Å². The molecule has 2 N–H and O–H groups in total. The first-order chi connectivity index (χ1) is 16.4. The molecular formula is C24H22ClF3N4O2S. The topological polar surface area (TPSA) is 81.2 Å². The zero-order valence-electron chi connectivity index (χ0n) is 18.8. The Balaban J connectivity index is 1.58. The van der Waals surface area contributed by atoms with E-state index in [0.717, 1.165) is 22.7 Å². The van der Waals surface area contributed by atoms with Gasteiger partial charge in [0.05, 0.1) is 28.7 Å². The molecule has 0 spiro atoms. The molecule has 2 aromatic carbocycles. The maximum Gasteiger partial charge on any atom is 0.416 e. The molecule has 1 atom stereocenters. The fourth-order valence-electron chi connectivity index (χ4n) is 3.66. The number of nitrogens with two attached hydrogens (primary N) is 1. The van der Waals surface area contributed by atoms with Crippen LogP contribution in [0.25, 0.3) is 17.0 Å². The first-order valence-corrected chi connectivity index (χ1v) is 12.0. The molecule has 1 aliphatic heterocycles. The second kappa shape index (κ2) is 9.67. The summed E-state index contributed by atoms with van der Waals surface area (Å²) < 4.78 is 41.8. The quantitative estimate of drug-likeness (QED) is 0.415. The van der Waals surface area contributed by atoms with Gasteiger partial charge in [0.1, 0.15) is 0 Å². The highest BCUT2D eigenvalue weighted by Crippen LogP contribution is 2.35. The number of fused-ring (bicyclic) bond motifs is 1. The summed E-state index contributed by atoms with van der Waals surface area (Å²) in [6, 6.07) is 8.55. The van der Waals surface area contributed by atoms with Crippen molar-refractivity contribution in [3.05, 3.63) is 69.2 Å². The second-order valence-corrected chi connectivity index (χ2v) is 10.0. The summed E-state index contributed by atoms with van der Waals surface area (Å²) in [5.41, 5.74) is 6.56. The van der Waals surface area contributed by atoms with Crippen LogP contribution in [0.2, 0.25) is 5.02 Å². The van der Waals surface area contributed by atoms with Crippen molar-refractivity contribution in [2.75, 3.05) is 6.54 Å². The molecule has 1 saturated heterocycles. The smallest absolute Gasteiger partial charge is 0.326 e. The Hall–Kier alpha value is -2.82. The van der Waals surface area contributed by atoms with Gasteiger partial charge in [-0.1, -0.05) is 37.6 Å². The van der Waals surface area contributed by atoms with Crippen LogP contribution in [-0.2, 0) is 17.5 Å². The van der Waals surface area contributed by atoms with Crippen molar-refractivity contribution in [2.45, 2.75) is 32.6 Å². The predicted octanol–water partition coefficient (Wildman–Crippen LogP) is 5.78. The summed E-state index contributed by atoms with van der Waals surface area (Å²) in [5, 5.41) is 4.57. The summed E-state index contributed by atoms with van der Waals surface area (Å²) >= 11 is 6.62. The molecule has 1 fully saturated rings. The number of benzene rings is 2. The van der Waals surface area contributed by atoms with E-state index < -0.39 is 17.6 Å². The molecule has 2 amide bonds. The first kappa shape index (κ1) is 25.3. The SMILES string of the molecule is CC(C)[C@H](N)CN1C(=O)S/C(=C\c2ccc3c(cnn3Cc3ccc(Cl)cc3C(F)(F)F)c2)C1=O. The highest BCUT2D eigenvalue weighted by atomic mass is 35.5. The van der Waals surface area contributed by atoms with Gasteiger partial charge in [-0.25, -0.2) is 0 Å². The third kappa shape index (κ3) is 5.39. The maximum atomic E-state index is 13.5. The molecule has 0 aliphatic carbocycles. The van der Waals surface area contributed by atoms with Crippen LogP contribution in [0.5, 0.6) is 0 Å². The molecule has 11 heteroatoms. The van der Waals surface area contributed by atoms with Gasteiger partial charge in [0, 0.05) is 23.0 Å². The lowest BCUT2D eigenvalue weighted by Gasteiger charge is -2.20. The van der Waals surface area contributed by atoms with Gasteiger partial charge in [0.25, 0.3) is 11.1 Å². The zero-order valence-corrected chi connectivity index (χ0v) is 20.4. The normalized spacial score (nSPS) is 16.8. The lowest BCUT2D eigenvalue weighted by molar-refractivity contribution is -0.138. The van der Waals surface area contributed by atoms with E-state index in [4.69, 9.17) is 17.3 Å². The highest BCUT2D eigenvalue weighted by Gasteiger charge is 2.36. The number of nitrogens with zero attached hydrogens (tertiary/aromatic N) is 3. The molecule has 4 rings (SSSR count). The number of carbonyl (C=O) groups is 2. The molecule has 0 radical (unpaired) electrons. The molecular weight excluding hydrogens is 501 g/mol. The molecule has 1 aliphatic rings. The standard InChI is InChI=1S/C24H22ClF3N4O2S/c1-13(2)19(29)12-31-22(33)21(35-23(31)34)8-14-3-6-20-16(7-14)10-30-32(20)11-15-4-5-17(25)9-18(15)24(26,27)28/h3-10,13,19H,11-12,29H2,1-2H3/b21-8-/t19-/m1/s1. The van der Waals surface area contributed by atoms with Gasteiger partial charge in [-0.05, 0) is 59.1 Å². The number of alkyl halides is 3. The number of carbonyl (C=O) groups excluding carboxylic acids is 2. The number of halogens is 4. The van der Waals surface area contributed by atoms with Gasteiger partial charge in [-0.3, -0.25) is 19.2 Å². The number of hydrogen-bond acceptors (Lipinski definition) is 5. The van der Waals surface area contributed by atoms with Crippen LogP contribution in [0.3, 0.4) is 0 Å². The van der Waals surface area contributed by atoms with Crippen LogP contribution >= 0.6 is 23.4 Å². The van der Waals surface area contributed by atoms with Crippen molar-refractivity contribution in [3.8, 4) is 0 Å². The van der Waals surface area contributed by atoms with Crippen molar-refractivity contribution in [2.24, 2.45) is 11.7 Å². The van der Waals surface area contributed by atoms with Gasteiger partial charge < -0.3 is 5.73 Å². The molecule has 0 unspecified atom stereocenters. The van der Waals surface area contributed by atoms with E-state index in [9.17, 15) is 22.8 Å². The molecule has 3 aromatic rings. The Kier molecular flexibility index (Phi) is 6.99. The third-order valence-electron chi connectivity index (χ3n) is 5.78. The lowest BCUT2D eigenvalue weighted by Crippen LogP contribution is -2.42. The fraction of sp³-hybridized carbons (Fsp3) is 0.292. The van der Waals surface area contributed by atoms with Gasteiger partial charge in [-0.2, -0.15) is 18.3 Å². The fourth-order valence-corrected chi connectivity index (χ4v) is 4.68. The average molecular weight is 523 g/mol. The minimum atomic E-state index is -4.54. The molecule has 1 aromatic heterocycles. The molecule has 6 nitrogen and oxygen atoms in total. The van der Waals surface area contributed by atoms with E-state index in [1.807, 2.05) is 13.8 Å². The van der Waals surface area contributed by atoms with Crippen molar-refractivity contribution in [1.82, 2.24) is 14.7 Å². The number of thioether (sulfide) groups is 1. The molecule has 35 heavy (non-hydrogen) atoms. The van der Waals surface area contributed by atoms with Crippen LogP contribution < -0.4 is 5.73 Å². The van der Waals surface area contributed by atoms with E-state index >= 15 is 0 Å². The Labute approximate surface area is 208 Å². The number of amides is 2. The molecule has 0 bridgehead atoms. The number of rotatable bonds is 6. The van der Waals surface area contributed by atoms with Crippen molar-refractivity contribution >= 4 is 51.5 Å². The van der Waals surface area contributed by atoms with E-state index in [1.54, 1.807) is 30.5 Å². The van der Waals surface area contributed by atoms with Crippen LogP contribution in [0.1, 0.15) is 30.5 Å². The summed E-state index contributed by atoms with van der Waals surface area (Å²) in [4.78, 5) is 26.5. The Morgan fingerprint density at radius 1 is 1.17 bits per heavy atom. The summed E-state index contributed by atoms with van der Waals surface area (Å²) in [7, 11) is 0. The summed E-state index contributed by atoms with van der Waals surface area (Å²) in [6.45, 7) is 3.90. The van der Waals surface area contributed by atoms with Crippen LogP contribution in [0.4, 0.5) is 18.0 Å². The van der Waals surface area contributed by atoms with E-state index in [1.165, 1.54) is 16.8 Å². The third-order valence-corrected chi connectivity index (χ3v) is 6.93. The van der Waals surface area contributed by atoms with Gasteiger partial charge in [0.2, 0.25) is 0 Å². The predicted molar refractivity (Wildman–Crippen MR) is 131 cm³/mol. The number of aromatic nitrogens is 2. The van der Waals surface area contributed by atoms with Crippen LogP contribution in [0, 0.1) is 5.92 Å². The first-order valence-electron chi connectivity index (χ1n) is 10.8. The van der Waals surface area contributed by atoms with Crippen LogP contribution in [-0.4, -0.2) is 38.4 Å². The maximum absolute atomic E-state index is 13.5. The Morgan fingerprint density at radius 3 is 2.60 bits per heavy atom. The Bertz CT molecular complexity index is 1340. The van der Waals surface area contributed by atoms with Crippen molar-refractivity contribution in [3.63, 3.8) is 0 Å². The number of imide groups is 1. The summed E-state index contributed by atoms with van der Waals surface area (Å²) in [6.07, 6.45) is -1.38. The molecule has 0 saturated carbocycles. The molecule has 184 valence electrons. The van der Waals surface area contributed by atoms with Crippen molar-refractivity contribution < 1.29 is 22.8 Å². The molecule has 2 heterocycles. The average Bonchev–Trinajstić information content (AvgIpc) is 3.29. The van der Waals surface area contributed by atoms with E-state index in [0.29, 0.717) is 16.5 Å². The largest absolute Gasteiger partial charge is 0.416 e. The van der Waals surface area contributed by atoms with Gasteiger partial charge >= 0.3 is 6.18 Å². The second-order valence-electron chi connectivity index (χ2n) is 8.62. The number of hydrogen-bond donors (Lipinski definition) is 1. The van der Waals surface area contributed by atoms with Gasteiger partial charge in [0.15, 0.2) is 0 Å². The van der Waals surface area contributed by atoms with E-state index in [2.05, 4.69) is 5.10 Å². The monoisotopic (exact) mass is 522 g/mol. The minimum Gasteiger partial charge on any atom is -0.326 e. The summed E-state index contributed by atoms with van der Waals surface area (Å²) in [5.74, 6) is -0.276. The highest BCUT2D eigenvalue weighted by molar-refractivity contribution is 8.18. The van der Waals surface area contributed by atoms with Crippen molar-refractivity contribution in [1.29, 1.82) is 0 Å². The lowest BCUT2D eigenvalue weighted by atomic mass is 10.1. The zero-order chi connectivity index (χ0) is 25.5. The van der Waals surface area contributed by atoms with Gasteiger partial charge in [-0.15, -0.1) is 0 Å². The minimum absolute atomic E-state index is 0.00615. The van der Waals surface area contributed by atoms with E-state index in [-0.39, 0.29) is 45.8 Å².